The Morgan fingerprint density at radius 2 is 1.94 bits per heavy atom. The molecule has 0 saturated heterocycles. The zero-order chi connectivity index (χ0) is 11.5. The van der Waals surface area contributed by atoms with E-state index in [4.69, 9.17) is 28.5 Å². The highest BCUT2D eigenvalue weighted by Crippen LogP contribution is 2.31. The maximum atomic E-state index is 8.61. The molecule has 0 amide bonds. The average Bonchev–Trinajstić information content (AvgIpc) is 2.62. The van der Waals surface area contributed by atoms with Crippen LogP contribution in [0.1, 0.15) is 4.88 Å². The third-order valence-electron chi connectivity index (χ3n) is 1.98. The molecular weight excluding hydrogens is 263 g/mol. The Balaban J connectivity index is 2.38. The van der Waals surface area contributed by atoms with Gasteiger partial charge in [0.1, 0.15) is 10.2 Å². The van der Waals surface area contributed by atoms with Gasteiger partial charge in [-0.15, -0.1) is 11.3 Å². The molecular formula is C11H6Cl2N2S. The van der Waals surface area contributed by atoms with Crippen LogP contribution in [0.25, 0.3) is 10.6 Å². The summed E-state index contributed by atoms with van der Waals surface area (Å²) in [5, 5.41) is 10.5. The minimum atomic E-state index is 0.296. The van der Waals surface area contributed by atoms with Gasteiger partial charge in [-0.25, -0.2) is 4.98 Å². The van der Waals surface area contributed by atoms with Crippen LogP contribution in [0.2, 0.25) is 10.2 Å². The van der Waals surface area contributed by atoms with E-state index in [1.54, 1.807) is 12.1 Å². The van der Waals surface area contributed by atoms with E-state index in [0.717, 1.165) is 15.4 Å². The summed E-state index contributed by atoms with van der Waals surface area (Å²) >= 11 is 13.2. The molecule has 0 aliphatic heterocycles. The van der Waals surface area contributed by atoms with Gasteiger partial charge in [0, 0.05) is 10.6 Å². The number of benzene rings is 1. The minimum Gasteiger partial charge on any atom is -0.224 e. The first-order chi connectivity index (χ1) is 7.70. The monoisotopic (exact) mass is 268 g/mol. The molecule has 0 fully saturated rings. The second-order valence-electron chi connectivity index (χ2n) is 3.07. The third kappa shape index (κ3) is 2.35. The van der Waals surface area contributed by atoms with E-state index in [2.05, 4.69) is 11.1 Å². The van der Waals surface area contributed by atoms with Crippen LogP contribution in [-0.2, 0) is 6.42 Å². The second kappa shape index (κ2) is 4.84. The lowest BCUT2D eigenvalue weighted by molar-refractivity contribution is 1.28. The Morgan fingerprint density at radius 3 is 2.56 bits per heavy atom. The molecule has 0 spiro atoms. The van der Waals surface area contributed by atoms with Crippen molar-refractivity contribution < 1.29 is 0 Å². The van der Waals surface area contributed by atoms with Crippen LogP contribution in [-0.4, -0.2) is 4.98 Å². The molecule has 16 heavy (non-hydrogen) atoms. The van der Waals surface area contributed by atoms with Crippen LogP contribution in [0.15, 0.2) is 24.3 Å². The number of nitriles is 1. The van der Waals surface area contributed by atoms with E-state index in [-0.39, 0.29) is 0 Å². The standard InChI is InChI=1S/C11H6Cl2N2S/c12-8-3-1-7(2-4-8)11-15-10(13)9(16-11)5-6-14/h1-4H,5H2. The molecule has 2 aromatic rings. The molecule has 2 rings (SSSR count). The highest BCUT2D eigenvalue weighted by Gasteiger charge is 2.10. The average molecular weight is 269 g/mol. The molecule has 0 N–H and O–H groups in total. The zero-order valence-electron chi connectivity index (χ0n) is 8.08. The Kier molecular flexibility index (Phi) is 3.45. The largest absolute Gasteiger partial charge is 0.224 e. The summed E-state index contributed by atoms with van der Waals surface area (Å²) in [6.07, 6.45) is 0.296. The summed E-state index contributed by atoms with van der Waals surface area (Å²) < 4.78 is 0. The normalized spacial score (nSPS) is 10.1. The van der Waals surface area contributed by atoms with E-state index >= 15 is 0 Å². The smallest absolute Gasteiger partial charge is 0.144 e. The molecule has 0 aliphatic carbocycles. The maximum absolute atomic E-state index is 8.61. The van der Waals surface area contributed by atoms with Crippen molar-refractivity contribution >= 4 is 34.5 Å². The lowest BCUT2D eigenvalue weighted by Gasteiger charge is -1.94. The molecule has 0 bridgehead atoms. The van der Waals surface area contributed by atoms with Gasteiger partial charge in [0.2, 0.25) is 0 Å². The number of hydrogen-bond acceptors (Lipinski definition) is 3. The first-order valence-corrected chi connectivity index (χ1v) is 6.06. The van der Waals surface area contributed by atoms with E-state index in [9.17, 15) is 0 Å². The van der Waals surface area contributed by atoms with Crippen LogP contribution >= 0.6 is 34.5 Å². The minimum absolute atomic E-state index is 0.296. The highest BCUT2D eigenvalue weighted by molar-refractivity contribution is 7.15. The van der Waals surface area contributed by atoms with Crippen molar-refractivity contribution in [3.8, 4) is 16.6 Å². The fourth-order valence-electron chi connectivity index (χ4n) is 1.23. The molecule has 0 atom stereocenters. The second-order valence-corrected chi connectivity index (χ2v) is 4.95. The number of aromatic nitrogens is 1. The van der Waals surface area contributed by atoms with E-state index in [1.165, 1.54) is 11.3 Å². The first kappa shape index (κ1) is 11.4. The van der Waals surface area contributed by atoms with Gasteiger partial charge < -0.3 is 0 Å². The van der Waals surface area contributed by atoms with Crippen molar-refractivity contribution in [2.45, 2.75) is 6.42 Å². The summed E-state index contributed by atoms with van der Waals surface area (Å²) in [5.74, 6) is 0. The quantitative estimate of drug-likeness (QED) is 0.819. The van der Waals surface area contributed by atoms with Crippen LogP contribution in [0.3, 0.4) is 0 Å². The summed E-state index contributed by atoms with van der Waals surface area (Å²) in [6.45, 7) is 0. The van der Waals surface area contributed by atoms with Crippen molar-refractivity contribution in [3.63, 3.8) is 0 Å². The van der Waals surface area contributed by atoms with Crippen LogP contribution in [0.4, 0.5) is 0 Å². The van der Waals surface area contributed by atoms with Gasteiger partial charge in [-0.2, -0.15) is 5.26 Å². The number of thiazole rings is 1. The van der Waals surface area contributed by atoms with Crippen molar-refractivity contribution in [2.75, 3.05) is 0 Å². The van der Waals surface area contributed by atoms with E-state index in [1.807, 2.05) is 12.1 Å². The van der Waals surface area contributed by atoms with Gasteiger partial charge in [-0.05, 0) is 12.1 Å². The predicted octanol–water partition coefficient (Wildman–Crippen LogP) is 4.18. The van der Waals surface area contributed by atoms with Crippen molar-refractivity contribution in [2.24, 2.45) is 0 Å². The van der Waals surface area contributed by atoms with Gasteiger partial charge >= 0.3 is 0 Å². The molecule has 0 saturated carbocycles. The molecule has 0 aliphatic rings. The van der Waals surface area contributed by atoms with E-state index in [0.29, 0.717) is 16.6 Å². The van der Waals surface area contributed by atoms with Crippen molar-refractivity contribution in [1.29, 1.82) is 5.26 Å². The lowest BCUT2D eigenvalue weighted by atomic mass is 10.2. The van der Waals surface area contributed by atoms with Crippen LogP contribution in [0, 0.1) is 11.3 Å². The summed E-state index contributed by atoms with van der Waals surface area (Å²) in [4.78, 5) is 5.02. The fraction of sp³-hybridized carbons (Fsp3) is 0.0909. The van der Waals surface area contributed by atoms with Gasteiger partial charge in [0.05, 0.1) is 17.4 Å². The zero-order valence-corrected chi connectivity index (χ0v) is 10.4. The van der Waals surface area contributed by atoms with Crippen LogP contribution < -0.4 is 0 Å². The molecule has 1 heterocycles. The topological polar surface area (TPSA) is 36.7 Å². The third-order valence-corrected chi connectivity index (χ3v) is 3.76. The molecule has 5 heteroatoms. The van der Waals surface area contributed by atoms with E-state index < -0.39 is 0 Å². The molecule has 1 aromatic heterocycles. The Labute approximate surface area is 107 Å². The number of halogens is 2. The van der Waals surface area contributed by atoms with Gasteiger partial charge in [-0.1, -0.05) is 35.3 Å². The van der Waals surface area contributed by atoms with Gasteiger partial charge in [0.15, 0.2) is 0 Å². The molecule has 80 valence electrons. The fourth-order valence-corrected chi connectivity index (χ4v) is 2.56. The lowest BCUT2D eigenvalue weighted by Crippen LogP contribution is -1.75. The molecule has 2 nitrogen and oxygen atoms in total. The summed E-state index contributed by atoms with van der Waals surface area (Å²) in [7, 11) is 0. The molecule has 0 radical (unpaired) electrons. The van der Waals surface area contributed by atoms with Gasteiger partial charge in [-0.3, -0.25) is 0 Å². The number of hydrogen-bond donors (Lipinski definition) is 0. The summed E-state index contributed by atoms with van der Waals surface area (Å²) in [5.41, 5.74) is 0.959. The number of nitrogens with zero attached hydrogens (tertiary/aromatic N) is 2. The first-order valence-electron chi connectivity index (χ1n) is 4.49. The molecule has 1 aromatic carbocycles. The molecule has 0 unspecified atom stereocenters. The SMILES string of the molecule is N#CCc1sc(-c2ccc(Cl)cc2)nc1Cl. The Bertz CT molecular complexity index is 540. The van der Waals surface area contributed by atoms with Crippen molar-refractivity contribution in [1.82, 2.24) is 4.98 Å². The van der Waals surface area contributed by atoms with Crippen molar-refractivity contribution in [3.05, 3.63) is 39.3 Å². The Hall–Kier alpha value is -1.08. The number of rotatable bonds is 2. The van der Waals surface area contributed by atoms with Crippen LogP contribution in [0.5, 0.6) is 0 Å². The highest BCUT2D eigenvalue weighted by atomic mass is 35.5. The summed E-state index contributed by atoms with van der Waals surface area (Å²) in [6, 6.07) is 9.43. The Morgan fingerprint density at radius 1 is 1.25 bits per heavy atom. The predicted molar refractivity (Wildman–Crippen MR) is 66.9 cm³/mol. The van der Waals surface area contributed by atoms with Gasteiger partial charge in [0.25, 0.3) is 0 Å². The maximum Gasteiger partial charge on any atom is 0.144 e.